The summed E-state index contributed by atoms with van der Waals surface area (Å²) < 4.78 is 31.2. The van der Waals surface area contributed by atoms with Crippen molar-refractivity contribution in [3.05, 3.63) is 59.1 Å². The van der Waals surface area contributed by atoms with Crippen molar-refractivity contribution in [3.63, 3.8) is 0 Å². The minimum absolute atomic E-state index is 0.0607. The molecule has 0 heterocycles. The lowest BCUT2D eigenvalue weighted by Crippen LogP contribution is -2.52. The first kappa shape index (κ1) is 27.5. The largest absolute Gasteiger partial charge is 0.497 e. The molecule has 0 aliphatic heterocycles. The van der Waals surface area contributed by atoms with E-state index in [1.807, 2.05) is 13.8 Å². The van der Waals surface area contributed by atoms with Crippen molar-refractivity contribution in [1.82, 2.24) is 10.2 Å². The van der Waals surface area contributed by atoms with Gasteiger partial charge in [-0.25, -0.2) is 8.42 Å². The Kier molecular flexibility index (Phi) is 9.76. The molecule has 0 saturated heterocycles. The highest BCUT2D eigenvalue weighted by Gasteiger charge is 2.30. The number of methoxy groups -OCH3 is 1. The van der Waals surface area contributed by atoms with E-state index in [0.29, 0.717) is 16.5 Å². The quantitative estimate of drug-likeness (QED) is 0.500. The molecule has 2 amide bonds. The highest BCUT2D eigenvalue weighted by molar-refractivity contribution is 7.92. The van der Waals surface area contributed by atoms with Gasteiger partial charge in [-0.3, -0.25) is 13.9 Å². The van der Waals surface area contributed by atoms with Crippen LogP contribution in [0.3, 0.4) is 0 Å². The zero-order chi connectivity index (χ0) is 25.5. The number of amides is 2. The molecule has 2 atom stereocenters. The number of sulfonamides is 1. The number of nitrogens with zero attached hydrogens (tertiary/aromatic N) is 2. The van der Waals surface area contributed by atoms with Gasteiger partial charge in [-0.15, -0.1) is 0 Å². The fourth-order valence-electron chi connectivity index (χ4n) is 3.20. The molecule has 2 rings (SSSR count). The lowest BCUT2D eigenvalue weighted by atomic mass is 10.1. The molecule has 0 bridgehead atoms. The molecule has 0 fully saturated rings. The van der Waals surface area contributed by atoms with Gasteiger partial charge in [0, 0.05) is 17.6 Å². The molecule has 1 N–H and O–H groups in total. The van der Waals surface area contributed by atoms with E-state index < -0.39 is 28.5 Å². The van der Waals surface area contributed by atoms with Gasteiger partial charge in [0.2, 0.25) is 21.8 Å². The second-order valence-corrected chi connectivity index (χ2v) is 10.5. The van der Waals surface area contributed by atoms with Crippen LogP contribution in [-0.4, -0.2) is 57.1 Å². The summed E-state index contributed by atoms with van der Waals surface area (Å²) in [6.07, 6.45) is 1.77. The number of anilines is 1. The Hall–Kier alpha value is -2.78. The van der Waals surface area contributed by atoms with E-state index in [9.17, 15) is 18.0 Å². The summed E-state index contributed by atoms with van der Waals surface area (Å²) in [7, 11) is -2.23. The molecular formula is C24H32ClN3O5S. The normalized spacial score (nSPS) is 13.0. The lowest BCUT2D eigenvalue weighted by Gasteiger charge is -2.32. The molecule has 0 aliphatic carbocycles. The number of carbonyl (C=O) groups excluding carboxylic acids is 2. The summed E-state index contributed by atoms with van der Waals surface area (Å²) in [6, 6.07) is 12.4. The second kappa shape index (κ2) is 12.1. The minimum atomic E-state index is -3.78. The summed E-state index contributed by atoms with van der Waals surface area (Å²) in [5.41, 5.74) is 1.08. The standard InChI is InChI=1S/C24H32ClN3O5S/c1-6-17(2)26-24(30)18(3)27(15-19-7-13-22(33-4)14-8-19)23(29)16-28(34(5,31)32)21-11-9-20(25)10-12-21/h7-14,17-18H,6,15-16H2,1-5H3,(H,26,30)/t17-,18+/m0/s1. The predicted molar refractivity (Wildman–Crippen MR) is 135 cm³/mol. The Balaban J connectivity index is 2.36. The number of hydrogen-bond acceptors (Lipinski definition) is 5. The zero-order valence-electron chi connectivity index (χ0n) is 20.1. The van der Waals surface area contributed by atoms with Gasteiger partial charge < -0.3 is 15.0 Å². The molecule has 8 nitrogen and oxygen atoms in total. The fraction of sp³-hybridized carbons (Fsp3) is 0.417. The summed E-state index contributed by atoms with van der Waals surface area (Å²) in [6.45, 7) is 5.12. The molecule has 2 aromatic carbocycles. The third kappa shape index (κ3) is 7.63. The van der Waals surface area contributed by atoms with Crippen molar-refractivity contribution in [2.45, 2.75) is 45.8 Å². The molecule has 0 saturated carbocycles. The zero-order valence-corrected chi connectivity index (χ0v) is 21.7. The molecule has 10 heteroatoms. The lowest BCUT2D eigenvalue weighted by molar-refractivity contribution is -0.139. The van der Waals surface area contributed by atoms with E-state index in [1.54, 1.807) is 50.4 Å². The Morgan fingerprint density at radius 2 is 1.65 bits per heavy atom. The molecule has 0 aromatic heterocycles. The second-order valence-electron chi connectivity index (χ2n) is 8.11. The van der Waals surface area contributed by atoms with Crippen LogP contribution in [0.15, 0.2) is 48.5 Å². The van der Waals surface area contributed by atoms with Gasteiger partial charge in [-0.05, 0) is 62.2 Å². The maximum Gasteiger partial charge on any atom is 0.244 e. The number of halogens is 1. The van der Waals surface area contributed by atoms with Crippen molar-refractivity contribution in [3.8, 4) is 5.75 Å². The van der Waals surface area contributed by atoms with Crippen molar-refractivity contribution in [2.24, 2.45) is 0 Å². The van der Waals surface area contributed by atoms with Gasteiger partial charge in [0.25, 0.3) is 0 Å². The number of benzene rings is 2. The molecule has 2 aromatic rings. The monoisotopic (exact) mass is 509 g/mol. The average Bonchev–Trinajstić information content (AvgIpc) is 2.80. The molecule has 0 radical (unpaired) electrons. The smallest absolute Gasteiger partial charge is 0.244 e. The summed E-state index contributed by atoms with van der Waals surface area (Å²) in [4.78, 5) is 27.7. The van der Waals surface area contributed by atoms with Crippen molar-refractivity contribution in [2.75, 3.05) is 24.2 Å². The van der Waals surface area contributed by atoms with Gasteiger partial charge in [0.1, 0.15) is 18.3 Å². The van der Waals surface area contributed by atoms with Crippen LogP contribution in [0.2, 0.25) is 5.02 Å². The number of carbonyl (C=O) groups is 2. The van der Waals surface area contributed by atoms with E-state index in [4.69, 9.17) is 16.3 Å². The number of rotatable bonds is 11. The SMILES string of the molecule is CC[C@H](C)NC(=O)[C@@H](C)N(Cc1ccc(OC)cc1)C(=O)CN(c1ccc(Cl)cc1)S(C)(=O)=O. The van der Waals surface area contributed by atoms with Gasteiger partial charge in [0.05, 0.1) is 19.1 Å². The summed E-state index contributed by atoms with van der Waals surface area (Å²) in [5.74, 6) is -0.160. The van der Waals surface area contributed by atoms with E-state index in [0.717, 1.165) is 22.5 Å². The Morgan fingerprint density at radius 3 is 2.15 bits per heavy atom. The van der Waals surface area contributed by atoms with Gasteiger partial charge in [-0.2, -0.15) is 0 Å². The van der Waals surface area contributed by atoms with Crippen molar-refractivity contribution >= 4 is 39.1 Å². The predicted octanol–water partition coefficient (Wildman–Crippen LogP) is 3.45. The first-order valence-electron chi connectivity index (χ1n) is 10.9. The van der Waals surface area contributed by atoms with E-state index in [-0.39, 0.29) is 18.5 Å². The fourth-order valence-corrected chi connectivity index (χ4v) is 4.17. The van der Waals surface area contributed by atoms with Crippen molar-refractivity contribution in [1.29, 1.82) is 0 Å². The molecule has 0 spiro atoms. The molecule has 0 unspecified atom stereocenters. The first-order chi connectivity index (χ1) is 16.0. The third-order valence-electron chi connectivity index (χ3n) is 5.47. The van der Waals surface area contributed by atoms with E-state index >= 15 is 0 Å². The highest BCUT2D eigenvalue weighted by Crippen LogP contribution is 2.22. The van der Waals surface area contributed by atoms with Crippen LogP contribution in [-0.2, 0) is 26.2 Å². The summed E-state index contributed by atoms with van der Waals surface area (Å²) in [5, 5.41) is 3.34. The average molecular weight is 510 g/mol. The van der Waals surface area contributed by atoms with E-state index in [1.165, 1.54) is 17.0 Å². The maximum atomic E-state index is 13.5. The minimum Gasteiger partial charge on any atom is -0.497 e. The number of hydrogen-bond donors (Lipinski definition) is 1. The number of nitrogens with one attached hydrogen (secondary N) is 1. The number of ether oxygens (including phenoxy) is 1. The Bertz CT molecular complexity index is 1070. The molecule has 0 aliphatic rings. The Morgan fingerprint density at radius 1 is 1.06 bits per heavy atom. The van der Waals surface area contributed by atoms with Crippen LogP contribution in [0.4, 0.5) is 5.69 Å². The summed E-state index contributed by atoms with van der Waals surface area (Å²) >= 11 is 5.93. The van der Waals surface area contributed by atoms with Crippen LogP contribution in [0, 0.1) is 0 Å². The third-order valence-corrected chi connectivity index (χ3v) is 6.87. The van der Waals surface area contributed by atoms with Crippen LogP contribution >= 0.6 is 11.6 Å². The molecule has 186 valence electrons. The van der Waals surface area contributed by atoms with Gasteiger partial charge in [0.15, 0.2) is 0 Å². The van der Waals surface area contributed by atoms with Gasteiger partial charge in [-0.1, -0.05) is 30.7 Å². The molecular weight excluding hydrogens is 478 g/mol. The van der Waals surface area contributed by atoms with Gasteiger partial charge >= 0.3 is 0 Å². The van der Waals surface area contributed by atoms with E-state index in [2.05, 4.69) is 5.32 Å². The van der Waals surface area contributed by atoms with Crippen LogP contribution < -0.4 is 14.4 Å². The first-order valence-corrected chi connectivity index (χ1v) is 13.1. The Labute approximate surface area is 206 Å². The topological polar surface area (TPSA) is 96.0 Å². The highest BCUT2D eigenvalue weighted by atomic mass is 35.5. The van der Waals surface area contributed by atoms with Crippen LogP contribution in [0.25, 0.3) is 0 Å². The maximum absolute atomic E-state index is 13.5. The van der Waals surface area contributed by atoms with Crippen LogP contribution in [0.5, 0.6) is 5.75 Å². The molecule has 34 heavy (non-hydrogen) atoms. The van der Waals surface area contributed by atoms with Crippen molar-refractivity contribution < 1.29 is 22.7 Å². The van der Waals surface area contributed by atoms with Crippen LogP contribution in [0.1, 0.15) is 32.8 Å².